The molecule has 1 N–H and O–H groups in total. The minimum atomic E-state index is 0.770. The Hall–Kier alpha value is -1.84. The second kappa shape index (κ2) is 4.93. The summed E-state index contributed by atoms with van der Waals surface area (Å²) in [5, 5.41) is 12.1. The quantitative estimate of drug-likeness (QED) is 0.930. The number of hydrogen-bond acceptors (Lipinski definition) is 3. The Bertz CT molecular complexity index is 629. The van der Waals surface area contributed by atoms with Crippen molar-refractivity contribution in [1.29, 1.82) is 0 Å². The minimum absolute atomic E-state index is 0.770. The van der Waals surface area contributed by atoms with Crippen molar-refractivity contribution < 1.29 is 0 Å². The molecule has 4 heteroatoms. The Kier molecular flexibility index (Phi) is 2.94. The molecule has 2 heterocycles. The summed E-state index contributed by atoms with van der Waals surface area (Å²) in [5.41, 5.74) is 4.24. The molecule has 0 saturated heterocycles. The molecule has 20 heavy (non-hydrogen) atoms. The zero-order chi connectivity index (χ0) is 13.4. The lowest BCUT2D eigenvalue weighted by Gasteiger charge is -2.15. The third-order valence-electron chi connectivity index (χ3n) is 4.49. The standard InChI is InChI=1S/C16H20N4/c1-2-9-20-15(6-1)18-19-16(20)11-17-14-8-7-12-4-3-5-13(12)10-14/h7-8,10,17H,1-6,9,11H2. The second-order valence-electron chi connectivity index (χ2n) is 5.83. The molecule has 0 fully saturated rings. The molecule has 2 aliphatic rings. The van der Waals surface area contributed by atoms with E-state index in [9.17, 15) is 0 Å². The number of aryl methyl sites for hydroxylation is 3. The van der Waals surface area contributed by atoms with Gasteiger partial charge in [-0.3, -0.25) is 0 Å². The Balaban J connectivity index is 1.49. The van der Waals surface area contributed by atoms with E-state index in [1.807, 2.05) is 0 Å². The van der Waals surface area contributed by atoms with Gasteiger partial charge in [0.15, 0.2) is 5.82 Å². The van der Waals surface area contributed by atoms with Crippen molar-refractivity contribution in [2.45, 2.75) is 51.6 Å². The van der Waals surface area contributed by atoms with E-state index in [2.05, 4.69) is 38.3 Å². The van der Waals surface area contributed by atoms with E-state index in [4.69, 9.17) is 0 Å². The van der Waals surface area contributed by atoms with Crippen molar-refractivity contribution in [2.24, 2.45) is 0 Å². The van der Waals surface area contributed by atoms with Crippen LogP contribution in [0.25, 0.3) is 0 Å². The van der Waals surface area contributed by atoms with E-state index in [1.54, 1.807) is 0 Å². The maximum Gasteiger partial charge on any atom is 0.152 e. The predicted octanol–water partition coefficient (Wildman–Crippen LogP) is 2.72. The molecule has 0 radical (unpaired) electrons. The van der Waals surface area contributed by atoms with Crippen molar-refractivity contribution in [3.05, 3.63) is 41.0 Å². The molecule has 0 bridgehead atoms. The van der Waals surface area contributed by atoms with Crippen molar-refractivity contribution >= 4 is 5.69 Å². The SMILES string of the molecule is c1cc2c(cc1NCc1nnc3n1CCCC3)CCC2. The number of benzene rings is 1. The number of nitrogens with zero attached hydrogens (tertiary/aromatic N) is 3. The summed E-state index contributed by atoms with van der Waals surface area (Å²) in [6, 6.07) is 6.76. The summed E-state index contributed by atoms with van der Waals surface area (Å²) in [7, 11) is 0. The van der Waals surface area contributed by atoms with Crippen LogP contribution in [0.3, 0.4) is 0 Å². The minimum Gasteiger partial charge on any atom is -0.378 e. The van der Waals surface area contributed by atoms with Crippen molar-refractivity contribution in [3.63, 3.8) is 0 Å². The summed E-state index contributed by atoms with van der Waals surface area (Å²) in [6.07, 6.45) is 7.34. The lowest BCUT2D eigenvalue weighted by atomic mass is 10.1. The number of rotatable bonds is 3. The molecule has 1 aliphatic heterocycles. The lowest BCUT2D eigenvalue weighted by molar-refractivity contribution is 0.510. The average Bonchev–Trinajstić information content (AvgIpc) is 3.11. The van der Waals surface area contributed by atoms with Gasteiger partial charge in [0.1, 0.15) is 5.82 Å². The first-order valence-electron chi connectivity index (χ1n) is 7.67. The summed E-state index contributed by atoms with van der Waals surface area (Å²) in [4.78, 5) is 0. The van der Waals surface area contributed by atoms with Gasteiger partial charge in [-0.05, 0) is 55.4 Å². The van der Waals surface area contributed by atoms with Gasteiger partial charge in [0.25, 0.3) is 0 Å². The Morgan fingerprint density at radius 1 is 1.00 bits per heavy atom. The van der Waals surface area contributed by atoms with Crippen LogP contribution in [0.5, 0.6) is 0 Å². The molecular formula is C16H20N4. The molecular weight excluding hydrogens is 248 g/mol. The van der Waals surface area contributed by atoms with Gasteiger partial charge >= 0.3 is 0 Å². The van der Waals surface area contributed by atoms with Crippen molar-refractivity contribution in [1.82, 2.24) is 14.8 Å². The van der Waals surface area contributed by atoms with Crippen LogP contribution in [0, 0.1) is 0 Å². The zero-order valence-electron chi connectivity index (χ0n) is 11.7. The topological polar surface area (TPSA) is 42.7 Å². The van der Waals surface area contributed by atoms with Crippen LogP contribution in [0.15, 0.2) is 18.2 Å². The van der Waals surface area contributed by atoms with Gasteiger partial charge in [0, 0.05) is 18.7 Å². The van der Waals surface area contributed by atoms with E-state index < -0.39 is 0 Å². The molecule has 4 rings (SSSR count). The van der Waals surface area contributed by atoms with Gasteiger partial charge in [-0.1, -0.05) is 6.07 Å². The third kappa shape index (κ3) is 2.09. The average molecular weight is 268 g/mol. The third-order valence-corrected chi connectivity index (χ3v) is 4.49. The molecule has 0 amide bonds. The largest absolute Gasteiger partial charge is 0.378 e. The highest BCUT2D eigenvalue weighted by atomic mass is 15.3. The van der Waals surface area contributed by atoms with Gasteiger partial charge in [0.05, 0.1) is 6.54 Å². The lowest BCUT2D eigenvalue weighted by Crippen LogP contribution is -2.15. The maximum atomic E-state index is 4.34. The fraction of sp³-hybridized carbons (Fsp3) is 0.500. The zero-order valence-corrected chi connectivity index (χ0v) is 11.7. The van der Waals surface area contributed by atoms with Crippen LogP contribution in [0.2, 0.25) is 0 Å². The van der Waals surface area contributed by atoms with Gasteiger partial charge in [0.2, 0.25) is 0 Å². The van der Waals surface area contributed by atoms with Crippen LogP contribution in [0.4, 0.5) is 5.69 Å². The van der Waals surface area contributed by atoms with Crippen molar-refractivity contribution in [3.8, 4) is 0 Å². The highest BCUT2D eigenvalue weighted by Gasteiger charge is 2.15. The molecule has 0 spiro atoms. The molecule has 104 valence electrons. The fourth-order valence-corrected chi connectivity index (χ4v) is 3.36. The van der Waals surface area contributed by atoms with Gasteiger partial charge in [-0.25, -0.2) is 0 Å². The summed E-state index contributed by atoms with van der Waals surface area (Å²) >= 11 is 0. The van der Waals surface area contributed by atoms with Crippen LogP contribution in [-0.4, -0.2) is 14.8 Å². The van der Waals surface area contributed by atoms with Gasteiger partial charge < -0.3 is 9.88 Å². The van der Waals surface area contributed by atoms with Crippen LogP contribution >= 0.6 is 0 Å². The Labute approximate surface area is 119 Å². The van der Waals surface area contributed by atoms with E-state index in [-0.39, 0.29) is 0 Å². The number of aromatic nitrogens is 3. The Morgan fingerprint density at radius 2 is 1.95 bits per heavy atom. The predicted molar refractivity (Wildman–Crippen MR) is 78.8 cm³/mol. The number of anilines is 1. The fourth-order valence-electron chi connectivity index (χ4n) is 3.36. The number of nitrogens with one attached hydrogen (secondary N) is 1. The summed E-state index contributed by atoms with van der Waals surface area (Å²) in [6.45, 7) is 1.84. The van der Waals surface area contributed by atoms with E-state index in [0.717, 1.165) is 31.2 Å². The van der Waals surface area contributed by atoms with Crippen LogP contribution < -0.4 is 5.32 Å². The van der Waals surface area contributed by atoms with E-state index in [1.165, 1.54) is 48.9 Å². The highest BCUT2D eigenvalue weighted by molar-refractivity contribution is 5.50. The van der Waals surface area contributed by atoms with Crippen molar-refractivity contribution in [2.75, 3.05) is 5.32 Å². The van der Waals surface area contributed by atoms with Crippen LogP contribution in [-0.2, 0) is 32.4 Å². The molecule has 1 aromatic heterocycles. The molecule has 4 nitrogen and oxygen atoms in total. The molecule has 0 atom stereocenters. The van der Waals surface area contributed by atoms with Gasteiger partial charge in [-0.2, -0.15) is 0 Å². The van der Waals surface area contributed by atoms with E-state index in [0.29, 0.717) is 0 Å². The summed E-state index contributed by atoms with van der Waals surface area (Å²) in [5.74, 6) is 2.22. The first-order chi connectivity index (χ1) is 9.90. The van der Waals surface area contributed by atoms with Crippen LogP contribution in [0.1, 0.15) is 42.0 Å². The molecule has 2 aromatic rings. The highest BCUT2D eigenvalue weighted by Crippen LogP contribution is 2.25. The molecule has 1 aliphatic carbocycles. The summed E-state index contributed by atoms with van der Waals surface area (Å²) < 4.78 is 2.28. The van der Waals surface area contributed by atoms with Gasteiger partial charge in [-0.15, -0.1) is 10.2 Å². The number of fused-ring (bicyclic) bond motifs is 2. The molecule has 1 aromatic carbocycles. The Morgan fingerprint density at radius 3 is 2.95 bits per heavy atom. The first kappa shape index (κ1) is 11.9. The monoisotopic (exact) mass is 268 g/mol. The second-order valence-corrected chi connectivity index (χ2v) is 5.83. The smallest absolute Gasteiger partial charge is 0.152 e. The molecule has 0 unspecified atom stereocenters. The first-order valence-corrected chi connectivity index (χ1v) is 7.67. The maximum absolute atomic E-state index is 4.34. The molecule has 0 saturated carbocycles. The number of hydrogen-bond donors (Lipinski definition) is 1. The van der Waals surface area contributed by atoms with E-state index >= 15 is 0 Å². The normalized spacial score (nSPS) is 16.8.